The molecule has 25 heavy (non-hydrogen) atoms. The number of hydrogen-bond donors (Lipinski definition) is 2. The molecule has 8 heteroatoms. The van der Waals surface area contributed by atoms with Gasteiger partial charge in [-0.3, -0.25) is 4.99 Å². The number of nitrogens with one attached hydrogen (secondary N) is 2. The number of benzene rings is 1. The predicted octanol–water partition coefficient (Wildman–Crippen LogP) is 2.51. The van der Waals surface area contributed by atoms with E-state index in [9.17, 15) is 0 Å². The van der Waals surface area contributed by atoms with Gasteiger partial charge in [0.1, 0.15) is 12.7 Å². The van der Waals surface area contributed by atoms with Gasteiger partial charge in [0, 0.05) is 25.4 Å². The number of aliphatic imine (C=N–C) groups is 1. The SMILES string of the molecule is CN=C(NCc1cccc(Cn2cncn2)c1)NCC1CCCS1.I. The summed E-state index contributed by atoms with van der Waals surface area (Å²) < 4.78 is 1.83. The summed E-state index contributed by atoms with van der Waals surface area (Å²) in [6.07, 6.45) is 5.93. The minimum Gasteiger partial charge on any atom is -0.355 e. The van der Waals surface area contributed by atoms with Crippen LogP contribution in [0.3, 0.4) is 0 Å². The van der Waals surface area contributed by atoms with Gasteiger partial charge in [-0.1, -0.05) is 24.3 Å². The van der Waals surface area contributed by atoms with Gasteiger partial charge in [-0.25, -0.2) is 9.67 Å². The number of thioether (sulfide) groups is 1. The van der Waals surface area contributed by atoms with Gasteiger partial charge in [0.2, 0.25) is 0 Å². The molecule has 136 valence electrons. The molecule has 1 saturated heterocycles. The first-order valence-electron chi connectivity index (χ1n) is 8.30. The first kappa shape index (κ1) is 20.0. The van der Waals surface area contributed by atoms with Crippen molar-refractivity contribution in [3.05, 3.63) is 48.0 Å². The third-order valence-electron chi connectivity index (χ3n) is 4.01. The van der Waals surface area contributed by atoms with Crippen LogP contribution in [0.15, 0.2) is 41.9 Å². The van der Waals surface area contributed by atoms with E-state index in [1.807, 2.05) is 11.7 Å². The van der Waals surface area contributed by atoms with Gasteiger partial charge >= 0.3 is 0 Å². The van der Waals surface area contributed by atoms with E-state index in [0.29, 0.717) is 0 Å². The van der Waals surface area contributed by atoms with Crippen molar-refractivity contribution in [2.75, 3.05) is 19.3 Å². The third kappa shape index (κ3) is 6.50. The molecule has 2 N–H and O–H groups in total. The molecular formula is C17H25IN6S. The molecule has 1 aliphatic heterocycles. The van der Waals surface area contributed by atoms with Gasteiger partial charge in [-0.2, -0.15) is 16.9 Å². The van der Waals surface area contributed by atoms with Crippen molar-refractivity contribution >= 4 is 41.7 Å². The summed E-state index contributed by atoms with van der Waals surface area (Å²) in [5.74, 6) is 2.15. The van der Waals surface area contributed by atoms with Crippen LogP contribution in [0.25, 0.3) is 0 Å². The molecule has 3 rings (SSSR count). The Labute approximate surface area is 170 Å². The molecule has 1 aliphatic rings. The number of hydrogen-bond acceptors (Lipinski definition) is 4. The summed E-state index contributed by atoms with van der Waals surface area (Å²) in [5, 5.41) is 11.7. The quantitative estimate of drug-likeness (QED) is 0.384. The summed E-state index contributed by atoms with van der Waals surface area (Å²) in [6, 6.07) is 8.50. The van der Waals surface area contributed by atoms with E-state index in [0.717, 1.165) is 30.8 Å². The first-order valence-corrected chi connectivity index (χ1v) is 9.35. The number of halogens is 1. The highest BCUT2D eigenvalue weighted by molar-refractivity contribution is 14.0. The molecule has 2 heterocycles. The molecule has 2 aromatic rings. The van der Waals surface area contributed by atoms with Crippen molar-refractivity contribution < 1.29 is 0 Å². The van der Waals surface area contributed by atoms with Gasteiger partial charge in [-0.05, 0) is 29.7 Å². The highest BCUT2D eigenvalue weighted by Gasteiger charge is 2.15. The lowest BCUT2D eigenvalue weighted by molar-refractivity contribution is 0.683. The second-order valence-corrected chi connectivity index (χ2v) is 7.26. The molecule has 6 nitrogen and oxygen atoms in total. The third-order valence-corrected chi connectivity index (χ3v) is 5.41. The fraction of sp³-hybridized carbons (Fsp3) is 0.471. The molecule has 1 aromatic carbocycles. The lowest BCUT2D eigenvalue weighted by atomic mass is 10.1. The Morgan fingerprint density at radius 3 is 2.96 bits per heavy atom. The fourth-order valence-corrected chi connectivity index (χ4v) is 3.96. The smallest absolute Gasteiger partial charge is 0.191 e. The van der Waals surface area contributed by atoms with Crippen LogP contribution >= 0.6 is 35.7 Å². The lowest BCUT2D eigenvalue weighted by Crippen LogP contribution is -2.39. The Kier molecular flexibility index (Phi) is 8.53. The van der Waals surface area contributed by atoms with Gasteiger partial charge in [0.05, 0.1) is 6.54 Å². The normalized spacial score (nSPS) is 17.2. The van der Waals surface area contributed by atoms with Crippen LogP contribution in [0, 0.1) is 0 Å². The first-order chi connectivity index (χ1) is 11.8. The molecule has 1 atom stereocenters. The monoisotopic (exact) mass is 472 g/mol. The van der Waals surface area contributed by atoms with E-state index in [1.165, 1.54) is 29.7 Å². The number of rotatable bonds is 6. The van der Waals surface area contributed by atoms with Crippen molar-refractivity contribution in [1.29, 1.82) is 0 Å². The van der Waals surface area contributed by atoms with Crippen LogP contribution in [0.5, 0.6) is 0 Å². The summed E-state index contributed by atoms with van der Waals surface area (Å²) in [6.45, 7) is 2.47. The molecule has 0 amide bonds. The topological polar surface area (TPSA) is 67.1 Å². The maximum atomic E-state index is 4.31. The van der Waals surface area contributed by atoms with E-state index in [2.05, 4.69) is 61.7 Å². The second kappa shape index (κ2) is 10.6. The number of guanidine groups is 1. The Balaban J connectivity index is 0.00000225. The maximum Gasteiger partial charge on any atom is 0.191 e. The highest BCUT2D eigenvalue weighted by atomic mass is 127. The van der Waals surface area contributed by atoms with Gasteiger partial charge in [-0.15, -0.1) is 24.0 Å². The summed E-state index contributed by atoms with van der Waals surface area (Å²) in [5.41, 5.74) is 2.44. The molecule has 0 bridgehead atoms. The zero-order valence-corrected chi connectivity index (χ0v) is 17.5. The summed E-state index contributed by atoms with van der Waals surface area (Å²) >= 11 is 2.05. The molecular weight excluding hydrogens is 447 g/mol. The minimum atomic E-state index is 0. The second-order valence-electron chi connectivity index (χ2n) is 5.85. The van der Waals surface area contributed by atoms with Crippen LogP contribution in [0.4, 0.5) is 0 Å². The van der Waals surface area contributed by atoms with E-state index < -0.39 is 0 Å². The molecule has 1 aromatic heterocycles. The van der Waals surface area contributed by atoms with E-state index in [4.69, 9.17) is 0 Å². The van der Waals surface area contributed by atoms with Crippen molar-refractivity contribution in [3.8, 4) is 0 Å². The van der Waals surface area contributed by atoms with Crippen LogP contribution in [0.1, 0.15) is 24.0 Å². The minimum absolute atomic E-state index is 0. The molecule has 1 unspecified atom stereocenters. The van der Waals surface area contributed by atoms with Crippen molar-refractivity contribution in [1.82, 2.24) is 25.4 Å². The van der Waals surface area contributed by atoms with Crippen molar-refractivity contribution in [3.63, 3.8) is 0 Å². The summed E-state index contributed by atoms with van der Waals surface area (Å²) in [7, 11) is 1.82. The van der Waals surface area contributed by atoms with Crippen LogP contribution < -0.4 is 10.6 Å². The highest BCUT2D eigenvalue weighted by Crippen LogP contribution is 2.25. The summed E-state index contributed by atoms with van der Waals surface area (Å²) in [4.78, 5) is 8.29. The Morgan fingerprint density at radius 2 is 2.24 bits per heavy atom. The van der Waals surface area contributed by atoms with Gasteiger partial charge < -0.3 is 10.6 Å². The van der Waals surface area contributed by atoms with Crippen LogP contribution in [-0.2, 0) is 13.1 Å². The number of nitrogens with zero attached hydrogens (tertiary/aromatic N) is 4. The molecule has 0 spiro atoms. The molecule has 1 fully saturated rings. The van der Waals surface area contributed by atoms with E-state index >= 15 is 0 Å². The van der Waals surface area contributed by atoms with Crippen LogP contribution in [0.2, 0.25) is 0 Å². The van der Waals surface area contributed by atoms with Crippen molar-refractivity contribution in [2.24, 2.45) is 4.99 Å². The zero-order valence-electron chi connectivity index (χ0n) is 14.4. The maximum absolute atomic E-state index is 4.31. The molecule has 0 radical (unpaired) electrons. The van der Waals surface area contributed by atoms with Gasteiger partial charge in [0.25, 0.3) is 0 Å². The number of aromatic nitrogens is 3. The predicted molar refractivity (Wildman–Crippen MR) is 115 cm³/mol. The largest absolute Gasteiger partial charge is 0.355 e. The van der Waals surface area contributed by atoms with E-state index in [1.54, 1.807) is 12.7 Å². The Hall–Kier alpha value is -1.29. The average Bonchev–Trinajstić information content (AvgIpc) is 3.29. The van der Waals surface area contributed by atoms with Crippen LogP contribution in [-0.4, -0.2) is 45.3 Å². The fourth-order valence-electron chi connectivity index (χ4n) is 2.76. The Morgan fingerprint density at radius 1 is 1.36 bits per heavy atom. The molecule has 0 saturated carbocycles. The van der Waals surface area contributed by atoms with Crippen molar-refractivity contribution in [2.45, 2.75) is 31.2 Å². The molecule has 0 aliphatic carbocycles. The van der Waals surface area contributed by atoms with Gasteiger partial charge in [0.15, 0.2) is 5.96 Å². The lowest BCUT2D eigenvalue weighted by Gasteiger charge is -2.15. The zero-order chi connectivity index (χ0) is 16.6. The average molecular weight is 472 g/mol. The van der Waals surface area contributed by atoms with E-state index in [-0.39, 0.29) is 24.0 Å². The standard InChI is InChI=1S/C17H24N6S.HI/c1-18-17(21-10-16-6-3-7-24-16)20-9-14-4-2-5-15(8-14)11-23-13-19-12-22-23;/h2,4-5,8,12-13,16H,3,6-7,9-11H2,1H3,(H2,18,20,21);1H. The Bertz CT molecular complexity index is 655.